The Hall–Kier alpha value is -2.18. The summed E-state index contributed by atoms with van der Waals surface area (Å²) in [6.07, 6.45) is 1.07. The number of nitrogens with zero attached hydrogens (tertiary/aromatic N) is 3. The summed E-state index contributed by atoms with van der Waals surface area (Å²) in [4.78, 5) is 18.3. The van der Waals surface area contributed by atoms with Crippen LogP contribution in [0.1, 0.15) is 17.9 Å². The number of amides is 1. The molecule has 7 heteroatoms. The maximum absolute atomic E-state index is 12.3. The van der Waals surface area contributed by atoms with Crippen LogP contribution < -0.4 is 0 Å². The summed E-state index contributed by atoms with van der Waals surface area (Å²) in [6, 6.07) is 15.2. The van der Waals surface area contributed by atoms with Crippen molar-refractivity contribution in [3.8, 4) is 11.4 Å². The lowest BCUT2D eigenvalue weighted by atomic mass is 10.1. The number of aryl methyl sites for hydroxylation is 1. The fourth-order valence-corrected chi connectivity index (χ4v) is 2.97. The highest BCUT2D eigenvalue weighted by atomic mass is 79.9. The van der Waals surface area contributed by atoms with Crippen LogP contribution in [0.2, 0.25) is 5.02 Å². The molecule has 5 nitrogen and oxygen atoms in total. The van der Waals surface area contributed by atoms with E-state index in [1.54, 1.807) is 11.9 Å². The molecule has 1 heterocycles. The molecule has 1 aromatic heterocycles. The predicted octanol–water partition coefficient (Wildman–Crippen LogP) is 4.74. The molecular weight excluding hydrogens is 418 g/mol. The van der Waals surface area contributed by atoms with Crippen LogP contribution in [-0.2, 0) is 17.8 Å². The van der Waals surface area contributed by atoms with Crippen LogP contribution in [0, 0.1) is 0 Å². The van der Waals surface area contributed by atoms with Gasteiger partial charge in [-0.2, -0.15) is 4.98 Å². The summed E-state index contributed by atoms with van der Waals surface area (Å²) in [5.74, 6) is 0.924. The minimum Gasteiger partial charge on any atom is -0.337 e. The molecule has 0 saturated heterocycles. The van der Waals surface area contributed by atoms with Gasteiger partial charge in [-0.25, -0.2) is 0 Å². The minimum atomic E-state index is 0.0159. The maximum atomic E-state index is 12.3. The Balaban J connectivity index is 1.56. The van der Waals surface area contributed by atoms with Gasteiger partial charge in [0.1, 0.15) is 0 Å². The molecule has 0 aliphatic heterocycles. The van der Waals surface area contributed by atoms with Crippen LogP contribution in [0.3, 0.4) is 0 Å². The van der Waals surface area contributed by atoms with Crippen molar-refractivity contribution in [2.75, 3.05) is 7.05 Å². The molecular formula is C19H17BrClN3O2. The van der Waals surface area contributed by atoms with Crippen molar-refractivity contribution in [2.24, 2.45) is 0 Å². The topological polar surface area (TPSA) is 59.2 Å². The van der Waals surface area contributed by atoms with E-state index < -0.39 is 0 Å². The number of hydrogen-bond donors (Lipinski definition) is 0. The summed E-state index contributed by atoms with van der Waals surface area (Å²) in [6.45, 7) is 0.278. The molecule has 0 radical (unpaired) electrons. The lowest BCUT2D eigenvalue weighted by Gasteiger charge is -2.14. The van der Waals surface area contributed by atoms with Crippen LogP contribution >= 0.6 is 27.5 Å². The molecule has 0 unspecified atom stereocenters. The van der Waals surface area contributed by atoms with E-state index in [0.717, 1.165) is 15.6 Å². The summed E-state index contributed by atoms with van der Waals surface area (Å²) in [7, 11) is 1.73. The van der Waals surface area contributed by atoms with Crippen molar-refractivity contribution in [1.29, 1.82) is 0 Å². The predicted molar refractivity (Wildman–Crippen MR) is 104 cm³/mol. The summed E-state index contributed by atoms with van der Waals surface area (Å²) >= 11 is 9.29. The number of aromatic nitrogens is 2. The molecule has 3 aromatic rings. The highest BCUT2D eigenvalue weighted by molar-refractivity contribution is 9.10. The molecule has 134 valence electrons. The average molecular weight is 435 g/mol. The second-order valence-electron chi connectivity index (χ2n) is 5.90. The van der Waals surface area contributed by atoms with Crippen LogP contribution in [-0.4, -0.2) is 28.0 Å². The van der Waals surface area contributed by atoms with Crippen molar-refractivity contribution in [3.05, 3.63) is 69.5 Å². The molecule has 0 saturated carbocycles. The zero-order chi connectivity index (χ0) is 18.5. The van der Waals surface area contributed by atoms with Gasteiger partial charge in [0, 0.05) is 28.5 Å². The van der Waals surface area contributed by atoms with Gasteiger partial charge >= 0.3 is 0 Å². The lowest BCUT2D eigenvalue weighted by Crippen LogP contribution is -2.26. The summed E-state index contributed by atoms with van der Waals surface area (Å²) in [5.41, 5.74) is 1.93. The summed E-state index contributed by atoms with van der Waals surface area (Å²) in [5, 5.41) is 4.67. The first-order valence-electron chi connectivity index (χ1n) is 8.08. The van der Waals surface area contributed by atoms with Gasteiger partial charge in [-0.3, -0.25) is 4.79 Å². The molecule has 0 N–H and O–H groups in total. The third-order valence-corrected chi connectivity index (χ3v) is 4.64. The van der Waals surface area contributed by atoms with Gasteiger partial charge in [-0.1, -0.05) is 57.0 Å². The molecule has 1 amide bonds. The normalized spacial score (nSPS) is 10.7. The molecule has 0 bridgehead atoms. The van der Waals surface area contributed by atoms with Crippen LogP contribution in [0.25, 0.3) is 11.4 Å². The third-order valence-electron chi connectivity index (χ3n) is 3.89. The van der Waals surface area contributed by atoms with Gasteiger partial charge in [-0.05, 0) is 36.2 Å². The van der Waals surface area contributed by atoms with Crippen molar-refractivity contribution in [3.63, 3.8) is 0 Å². The smallest absolute Gasteiger partial charge is 0.246 e. The van der Waals surface area contributed by atoms with E-state index in [-0.39, 0.29) is 12.5 Å². The molecule has 0 spiro atoms. The molecule has 0 atom stereocenters. The number of rotatable bonds is 6. The molecule has 0 fully saturated rings. The van der Waals surface area contributed by atoms with Gasteiger partial charge in [0.25, 0.3) is 0 Å². The molecule has 0 aliphatic rings. The first-order chi connectivity index (χ1) is 12.5. The standard InChI is InChI=1S/C19H17BrClN3O2/c1-24(18(25)10-7-13-5-8-16(21)9-6-13)12-17-22-19(23-26-17)14-3-2-4-15(20)11-14/h2-6,8-9,11H,7,10,12H2,1H3. The van der Waals surface area contributed by atoms with E-state index in [2.05, 4.69) is 26.1 Å². The van der Waals surface area contributed by atoms with Crippen LogP contribution in [0.15, 0.2) is 57.5 Å². The van der Waals surface area contributed by atoms with E-state index in [4.69, 9.17) is 16.1 Å². The van der Waals surface area contributed by atoms with E-state index >= 15 is 0 Å². The largest absolute Gasteiger partial charge is 0.337 e. The van der Waals surface area contributed by atoms with Gasteiger partial charge < -0.3 is 9.42 Å². The lowest BCUT2D eigenvalue weighted by molar-refractivity contribution is -0.130. The Bertz CT molecular complexity index is 896. The Labute approximate surface area is 165 Å². The van der Waals surface area contributed by atoms with E-state index in [9.17, 15) is 4.79 Å². The Morgan fingerprint density at radius 1 is 1.23 bits per heavy atom. The van der Waals surface area contributed by atoms with Crippen molar-refractivity contribution < 1.29 is 9.32 Å². The van der Waals surface area contributed by atoms with Crippen molar-refractivity contribution in [1.82, 2.24) is 15.0 Å². The van der Waals surface area contributed by atoms with E-state index in [0.29, 0.717) is 29.6 Å². The maximum Gasteiger partial charge on any atom is 0.246 e. The van der Waals surface area contributed by atoms with E-state index in [1.165, 1.54) is 0 Å². The summed E-state index contributed by atoms with van der Waals surface area (Å²) < 4.78 is 6.21. The third kappa shape index (κ3) is 4.93. The van der Waals surface area contributed by atoms with Gasteiger partial charge in [0.15, 0.2) is 0 Å². The monoisotopic (exact) mass is 433 g/mol. The first-order valence-corrected chi connectivity index (χ1v) is 9.25. The highest BCUT2D eigenvalue weighted by Crippen LogP contribution is 2.20. The zero-order valence-electron chi connectivity index (χ0n) is 14.2. The quantitative estimate of drug-likeness (QED) is 0.562. The Morgan fingerprint density at radius 2 is 2.00 bits per heavy atom. The highest BCUT2D eigenvalue weighted by Gasteiger charge is 2.15. The number of benzene rings is 2. The van der Waals surface area contributed by atoms with Crippen LogP contribution in [0.5, 0.6) is 0 Å². The van der Waals surface area contributed by atoms with Crippen molar-refractivity contribution in [2.45, 2.75) is 19.4 Å². The fourth-order valence-electron chi connectivity index (χ4n) is 2.45. The van der Waals surface area contributed by atoms with Crippen LogP contribution in [0.4, 0.5) is 0 Å². The van der Waals surface area contributed by atoms with Crippen molar-refractivity contribution >= 4 is 33.4 Å². The molecule has 3 rings (SSSR count). The fraction of sp³-hybridized carbons (Fsp3) is 0.211. The van der Waals surface area contributed by atoms with Gasteiger partial charge in [0.2, 0.25) is 17.6 Å². The second kappa shape index (κ2) is 8.47. The second-order valence-corrected chi connectivity index (χ2v) is 7.25. The Kier molecular flexibility index (Phi) is 6.06. The Morgan fingerprint density at radius 3 is 2.73 bits per heavy atom. The number of hydrogen-bond acceptors (Lipinski definition) is 4. The van der Waals surface area contributed by atoms with Gasteiger partial charge in [-0.15, -0.1) is 0 Å². The number of carbonyl (C=O) groups excluding carboxylic acids is 1. The zero-order valence-corrected chi connectivity index (χ0v) is 16.5. The van der Waals surface area contributed by atoms with E-state index in [1.807, 2.05) is 48.5 Å². The van der Waals surface area contributed by atoms with Gasteiger partial charge in [0.05, 0.1) is 6.54 Å². The number of halogens is 2. The SMILES string of the molecule is CN(Cc1nc(-c2cccc(Br)c2)no1)C(=O)CCc1ccc(Cl)cc1. The molecule has 0 aliphatic carbocycles. The number of carbonyl (C=O) groups is 1. The average Bonchev–Trinajstić information content (AvgIpc) is 3.09. The minimum absolute atomic E-state index is 0.0159. The first kappa shape index (κ1) is 18.6. The molecule has 26 heavy (non-hydrogen) atoms. The molecule has 2 aromatic carbocycles.